The Morgan fingerprint density at radius 2 is 1.87 bits per heavy atom. The van der Waals surface area contributed by atoms with Crippen LogP contribution in [0, 0.1) is 5.82 Å². The average Bonchev–Trinajstić information content (AvgIpc) is 1.99. The van der Waals surface area contributed by atoms with E-state index >= 15 is 0 Å². The zero-order chi connectivity index (χ0) is 11.6. The van der Waals surface area contributed by atoms with Crippen LogP contribution in [-0.4, -0.2) is 16.6 Å². The Balaban J connectivity index is 3.04. The van der Waals surface area contributed by atoms with Gasteiger partial charge in [0.25, 0.3) is 0 Å². The van der Waals surface area contributed by atoms with Crippen molar-refractivity contribution >= 4 is 17.7 Å². The molecule has 82 valence electrons. The Bertz CT molecular complexity index is 389. The molecule has 1 rings (SSSR count). The molecule has 0 spiro atoms. The minimum atomic E-state index is -4.57. The molecule has 0 saturated heterocycles. The third-order valence-corrected chi connectivity index (χ3v) is 2.05. The highest BCUT2D eigenvalue weighted by atomic mass is 32.2. The topological polar surface area (TPSA) is 37.3 Å². The Labute approximate surface area is 85.9 Å². The van der Waals surface area contributed by atoms with Crippen LogP contribution in [0.2, 0.25) is 0 Å². The maximum absolute atomic E-state index is 12.7. The van der Waals surface area contributed by atoms with Gasteiger partial charge in [0.15, 0.2) is 0 Å². The Morgan fingerprint density at radius 1 is 1.27 bits per heavy atom. The number of benzene rings is 1. The van der Waals surface area contributed by atoms with E-state index in [-0.39, 0.29) is 0 Å². The third-order valence-electron chi connectivity index (χ3n) is 1.35. The molecule has 0 fully saturated rings. The summed E-state index contributed by atoms with van der Waals surface area (Å²) in [5, 5.41) is 8.47. The summed E-state index contributed by atoms with van der Waals surface area (Å²) < 4.78 is 48.4. The van der Waals surface area contributed by atoms with E-state index in [1.807, 2.05) is 0 Å². The molecule has 1 aromatic rings. The van der Waals surface area contributed by atoms with Crippen LogP contribution in [0.1, 0.15) is 10.4 Å². The first kappa shape index (κ1) is 11.8. The van der Waals surface area contributed by atoms with Crippen molar-refractivity contribution in [1.82, 2.24) is 0 Å². The van der Waals surface area contributed by atoms with Gasteiger partial charge in [-0.15, -0.1) is 0 Å². The Morgan fingerprint density at radius 3 is 2.33 bits per heavy atom. The number of carbonyl (C=O) groups is 1. The first-order chi connectivity index (χ1) is 6.78. The summed E-state index contributed by atoms with van der Waals surface area (Å²) in [4.78, 5) is 9.93. The van der Waals surface area contributed by atoms with Gasteiger partial charge >= 0.3 is 11.5 Å². The van der Waals surface area contributed by atoms with E-state index in [9.17, 15) is 22.4 Å². The van der Waals surface area contributed by atoms with Crippen LogP contribution >= 0.6 is 11.8 Å². The summed E-state index contributed by atoms with van der Waals surface area (Å²) in [7, 11) is 0. The van der Waals surface area contributed by atoms with Gasteiger partial charge in [-0.2, -0.15) is 13.2 Å². The zero-order valence-electron chi connectivity index (χ0n) is 7.01. The molecule has 1 aromatic carbocycles. The summed E-state index contributed by atoms with van der Waals surface area (Å²) in [6, 6.07) is 2.05. The maximum atomic E-state index is 12.7. The second-order valence-electron chi connectivity index (χ2n) is 2.53. The number of hydrogen-bond donors (Lipinski definition) is 1. The highest BCUT2D eigenvalue weighted by molar-refractivity contribution is 8.00. The number of rotatable bonds is 2. The lowest BCUT2D eigenvalue weighted by Gasteiger charge is -2.06. The van der Waals surface area contributed by atoms with Gasteiger partial charge in [0.1, 0.15) is 5.82 Å². The molecule has 0 saturated carbocycles. The van der Waals surface area contributed by atoms with Crippen LogP contribution < -0.4 is 0 Å². The molecule has 0 unspecified atom stereocenters. The molecule has 0 amide bonds. The fourth-order valence-electron chi connectivity index (χ4n) is 0.879. The second-order valence-corrected chi connectivity index (χ2v) is 3.67. The smallest absolute Gasteiger partial charge is 0.446 e. The van der Waals surface area contributed by atoms with Crippen LogP contribution in [0.15, 0.2) is 23.1 Å². The van der Waals surface area contributed by atoms with Crippen LogP contribution in [0.4, 0.5) is 17.6 Å². The highest BCUT2D eigenvalue weighted by Crippen LogP contribution is 2.37. The lowest BCUT2D eigenvalue weighted by atomic mass is 10.2. The van der Waals surface area contributed by atoms with Gasteiger partial charge in [0.2, 0.25) is 0 Å². The van der Waals surface area contributed by atoms with Crippen molar-refractivity contribution in [3.05, 3.63) is 29.6 Å². The fraction of sp³-hybridized carbons (Fsp3) is 0.125. The first-order valence-corrected chi connectivity index (χ1v) is 4.39. The molecule has 2 nitrogen and oxygen atoms in total. The molecule has 0 bridgehead atoms. The molecule has 0 aliphatic heterocycles. The Kier molecular flexibility index (Phi) is 3.23. The Hall–Kier alpha value is -1.24. The molecule has 1 N–H and O–H groups in total. The summed E-state index contributed by atoms with van der Waals surface area (Å²) in [5.74, 6) is -2.49. The number of thioether (sulfide) groups is 1. The van der Waals surface area contributed by atoms with Gasteiger partial charge in [-0.1, -0.05) is 0 Å². The molecular weight excluding hydrogens is 236 g/mol. The summed E-state index contributed by atoms with van der Waals surface area (Å²) >= 11 is -0.557. The second kappa shape index (κ2) is 4.09. The quantitative estimate of drug-likeness (QED) is 0.637. The number of halogens is 4. The van der Waals surface area contributed by atoms with Crippen molar-refractivity contribution in [3.63, 3.8) is 0 Å². The van der Waals surface area contributed by atoms with Crippen molar-refractivity contribution < 1.29 is 27.5 Å². The van der Waals surface area contributed by atoms with E-state index in [1.54, 1.807) is 0 Å². The predicted octanol–water partition coefficient (Wildman–Crippen LogP) is 3.14. The molecule has 0 aromatic heterocycles. The number of aromatic carboxylic acids is 1. The largest absolute Gasteiger partial charge is 0.478 e. The number of carboxylic acid groups (broad SMARTS) is 1. The minimum Gasteiger partial charge on any atom is -0.478 e. The molecule has 0 aliphatic carbocycles. The van der Waals surface area contributed by atoms with Crippen molar-refractivity contribution in [2.24, 2.45) is 0 Å². The van der Waals surface area contributed by atoms with E-state index in [4.69, 9.17) is 5.11 Å². The molecule has 0 aliphatic rings. The molecule has 0 atom stereocenters. The van der Waals surface area contributed by atoms with Crippen LogP contribution in [-0.2, 0) is 0 Å². The SMILES string of the molecule is O=C(O)c1cc(F)cc(SC(F)(F)F)c1. The van der Waals surface area contributed by atoms with Crippen LogP contribution in [0.5, 0.6) is 0 Å². The first-order valence-electron chi connectivity index (χ1n) is 3.57. The lowest BCUT2D eigenvalue weighted by molar-refractivity contribution is -0.0328. The molecule has 7 heteroatoms. The van der Waals surface area contributed by atoms with Crippen molar-refractivity contribution in [2.75, 3.05) is 0 Å². The number of alkyl halides is 3. The van der Waals surface area contributed by atoms with Crippen molar-refractivity contribution in [1.29, 1.82) is 0 Å². The highest BCUT2D eigenvalue weighted by Gasteiger charge is 2.29. The van der Waals surface area contributed by atoms with E-state index in [0.717, 1.165) is 6.07 Å². The monoisotopic (exact) mass is 240 g/mol. The van der Waals surface area contributed by atoms with Gasteiger partial charge in [0.05, 0.1) is 5.56 Å². The summed E-state index contributed by atoms with van der Waals surface area (Å²) in [6.45, 7) is 0. The summed E-state index contributed by atoms with van der Waals surface area (Å²) in [6.07, 6.45) is 0. The van der Waals surface area contributed by atoms with E-state index in [2.05, 4.69) is 0 Å². The predicted molar refractivity (Wildman–Crippen MR) is 45.3 cm³/mol. The maximum Gasteiger partial charge on any atom is 0.446 e. The van der Waals surface area contributed by atoms with Gasteiger partial charge in [-0.05, 0) is 30.0 Å². The average molecular weight is 240 g/mol. The fourth-order valence-corrected chi connectivity index (χ4v) is 1.50. The summed E-state index contributed by atoms with van der Waals surface area (Å²) in [5.41, 5.74) is -5.08. The third kappa shape index (κ3) is 3.78. The normalized spacial score (nSPS) is 11.5. The van der Waals surface area contributed by atoms with Gasteiger partial charge < -0.3 is 5.11 Å². The van der Waals surface area contributed by atoms with Crippen molar-refractivity contribution in [2.45, 2.75) is 10.4 Å². The van der Waals surface area contributed by atoms with E-state index in [1.165, 1.54) is 0 Å². The molecule has 0 radical (unpaired) electrons. The molecular formula is C8H4F4O2S. The van der Waals surface area contributed by atoms with E-state index in [0.29, 0.717) is 12.1 Å². The van der Waals surface area contributed by atoms with Crippen molar-refractivity contribution in [3.8, 4) is 0 Å². The zero-order valence-corrected chi connectivity index (χ0v) is 7.82. The minimum absolute atomic E-state index is 0.486. The van der Waals surface area contributed by atoms with E-state index < -0.39 is 39.5 Å². The molecule has 0 heterocycles. The molecule has 15 heavy (non-hydrogen) atoms. The van der Waals surface area contributed by atoms with Gasteiger partial charge in [0, 0.05) is 4.90 Å². The van der Waals surface area contributed by atoms with Gasteiger partial charge in [-0.25, -0.2) is 9.18 Å². The lowest BCUT2D eigenvalue weighted by Crippen LogP contribution is -2.02. The van der Waals surface area contributed by atoms with Crippen LogP contribution in [0.3, 0.4) is 0 Å². The van der Waals surface area contributed by atoms with Gasteiger partial charge in [-0.3, -0.25) is 0 Å². The number of carboxylic acids is 1. The van der Waals surface area contributed by atoms with Crippen LogP contribution in [0.25, 0.3) is 0 Å². The number of hydrogen-bond acceptors (Lipinski definition) is 2. The standard InChI is InChI=1S/C8H4F4O2S/c9-5-1-4(7(13)14)2-6(3-5)15-8(10,11)12/h1-3H,(H,13,14).